The van der Waals surface area contributed by atoms with E-state index >= 15 is 0 Å². The van der Waals surface area contributed by atoms with Gasteiger partial charge in [0.25, 0.3) is 0 Å². The molecule has 2 heteroatoms. The number of rotatable bonds is 17. The topological polar surface area (TPSA) is 18.5 Å². The summed E-state index contributed by atoms with van der Waals surface area (Å²) in [7, 11) is 0. The first-order chi connectivity index (χ1) is 25.8. The van der Waals surface area contributed by atoms with E-state index in [2.05, 4.69) is 0 Å². The van der Waals surface area contributed by atoms with Crippen LogP contribution < -0.4 is 9.47 Å². The molecule has 148 valence electrons. The molecule has 0 bridgehead atoms. The molecule has 0 saturated heterocycles. The Morgan fingerprint density at radius 1 is 1.08 bits per heavy atom. The Balaban J connectivity index is 4.04. The summed E-state index contributed by atoms with van der Waals surface area (Å²) in [5, 5.41) is 0. The largest absolute Gasteiger partial charge is 0.494 e. The predicted molar refractivity (Wildman–Crippen MR) is 114 cm³/mol. The van der Waals surface area contributed by atoms with Crippen LogP contribution in [0.4, 0.5) is 0 Å². The Morgan fingerprint density at radius 2 is 1.77 bits per heavy atom. The van der Waals surface area contributed by atoms with Gasteiger partial charge in [-0.15, -0.1) is 0 Å². The van der Waals surface area contributed by atoms with Crippen molar-refractivity contribution in [1.82, 2.24) is 0 Å². The molecule has 0 heterocycles. The van der Waals surface area contributed by atoms with Gasteiger partial charge in [0.2, 0.25) is 0 Å². The van der Waals surface area contributed by atoms with Crippen molar-refractivity contribution >= 4 is 6.05 Å². The van der Waals surface area contributed by atoms with Crippen molar-refractivity contribution in [2.45, 2.75) is 90.3 Å². The minimum atomic E-state index is -4.73. The molecule has 0 saturated carbocycles. The van der Waals surface area contributed by atoms with E-state index in [1.807, 2.05) is 0 Å². The van der Waals surface area contributed by atoms with Crippen LogP contribution in [0.1, 0.15) is 142 Å². The Hall–Kier alpha value is -1.44. The molecule has 26 heavy (non-hydrogen) atoms. The molecule has 0 radical (unpaired) electrons. The van der Waals surface area contributed by atoms with Crippen LogP contribution in [0.3, 0.4) is 0 Å². The Labute approximate surface area is 209 Å². The molecule has 0 amide bonds. The molecule has 0 fully saturated rings. The SMILES string of the molecule is [2H]C=C([2H])c1c([2H])c(OC([2H])([2H])C([2H])([2H])C([2H])([2H])C([2H])([2H])C([2H])([2H])C([2H])([2H])C([2H])([2H])C([2H])([2H])[2H])cc([2H])c1OC([2H])([2H])C([2H])([2H])C([2H])([2H])C([2H])([2H])C([2H])([2H])C([2H])([2H])C([2H])C. The standard InChI is InChI=1S/C24H40O2/c1-4-7-9-11-13-15-19-25-23-17-18-24(22(6-3)21-23)26-20-16-14-12-10-8-5-2/h6,17-18,21H,3-5,7-16,19-20H2,1-2H3/i1D3,3D,4D2,5D,6D,7D2,8D2,9D2,10D2,11D2,12D2,13D2,14D2,15D2,16D2,18D,19D2,20D2,21D. The Bertz CT molecular complexity index is 1770. The second kappa shape index (κ2) is 15.8. The first-order valence-corrected chi connectivity index (χ1v) is 6.80. The third-order valence-corrected chi connectivity index (χ3v) is 2.09. The molecule has 1 unspecified atom stereocenters. The lowest BCUT2D eigenvalue weighted by molar-refractivity contribution is 0.296. The fourth-order valence-corrected chi connectivity index (χ4v) is 1.16. The summed E-state index contributed by atoms with van der Waals surface area (Å²) in [6.07, 6.45) is -50.6. The van der Waals surface area contributed by atoms with Gasteiger partial charge in [-0.25, -0.2) is 0 Å². The van der Waals surface area contributed by atoms with Crippen molar-refractivity contribution < 1.29 is 56.1 Å². The van der Waals surface area contributed by atoms with Crippen molar-refractivity contribution in [3.05, 3.63) is 30.3 Å². The van der Waals surface area contributed by atoms with Crippen molar-refractivity contribution in [1.29, 1.82) is 0 Å². The van der Waals surface area contributed by atoms with Gasteiger partial charge in [-0.2, -0.15) is 0 Å². The van der Waals surface area contributed by atoms with Gasteiger partial charge in [-0.3, -0.25) is 0 Å². The second-order valence-electron chi connectivity index (χ2n) is 3.72. The van der Waals surface area contributed by atoms with E-state index in [0.29, 0.717) is 0 Å². The lowest BCUT2D eigenvalue weighted by Gasteiger charge is -2.12. The fourth-order valence-electron chi connectivity index (χ4n) is 1.16. The van der Waals surface area contributed by atoms with Gasteiger partial charge in [-0.1, -0.05) is 90.1 Å². The highest BCUT2D eigenvalue weighted by Crippen LogP contribution is 2.26. The number of hydrogen-bond acceptors (Lipinski definition) is 2. The molecule has 0 aromatic heterocycles. The molecular weight excluding hydrogens is 320 g/mol. The zero-order valence-electron chi connectivity index (χ0n) is 47.5. The van der Waals surface area contributed by atoms with E-state index in [-0.39, 0.29) is 12.6 Å². The predicted octanol–water partition coefficient (Wildman–Crippen LogP) is 7.81. The molecule has 0 N–H and O–H groups in total. The van der Waals surface area contributed by atoms with E-state index in [9.17, 15) is 0 Å². The van der Waals surface area contributed by atoms with Gasteiger partial charge < -0.3 is 9.47 Å². The monoisotopic (exact) mass is 395 g/mol. The maximum absolute atomic E-state index is 8.51. The normalized spacial score (nSPS) is 39.7. The highest BCUT2D eigenvalue weighted by molar-refractivity contribution is 5.58. The van der Waals surface area contributed by atoms with Gasteiger partial charge in [0.05, 0.1) is 24.1 Å². The molecule has 0 spiro atoms. The van der Waals surface area contributed by atoms with Gasteiger partial charge in [0.1, 0.15) is 11.5 Å². The average Bonchev–Trinajstić information content (AvgIpc) is 3.04. The summed E-state index contributed by atoms with van der Waals surface area (Å²) in [6, 6.07) is -4.07. The quantitative estimate of drug-likeness (QED) is 0.268. The van der Waals surface area contributed by atoms with Gasteiger partial charge >= 0.3 is 0 Å². The fraction of sp³-hybridized carbons (Fsp3) is 0.667. The lowest BCUT2D eigenvalue weighted by atomic mass is 10.1. The minimum Gasteiger partial charge on any atom is -0.494 e. The zero-order valence-corrected chi connectivity index (χ0v) is 13.5. The number of ether oxygens (including phenoxy) is 2. The molecular formula is C24H40O2. The molecule has 1 atom stereocenters. The van der Waals surface area contributed by atoms with Crippen LogP contribution in [0.15, 0.2) is 24.7 Å². The Kier molecular flexibility index (Phi) is 2.41. The summed E-state index contributed by atoms with van der Waals surface area (Å²) in [6.45, 7) is -12.0. The first kappa shape index (κ1) is 3.98. The van der Waals surface area contributed by atoms with Crippen molar-refractivity contribution in [2.75, 3.05) is 13.1 Å². The smallest absolute Gasteiger partial charge is 0.126 e. The van der Waals surface area contributed by atoms with E-state index in [0.717, 1.165) is 6.92 Å². The van der Waals surface area contributed by atoms with E-state index in [1.54, 1.807) is 0 Å². The van der Waals surface area contributed by atoms with Crippen LogP contribution in [0, 0.1) is 0 Å². The van der Waals surface area contributed by atoms with Crippen LogP contribution in [0.5, 0.6) is 11.5 Å². The van der Waals surface area contributed by atoms with Crippen molar-refractivity contribution in [3.63, 3.8) is 0 Å². The second-order valence-corrected chi connectivity index (χ2v) is 3.72. The number of hydrogen-bond donors (Lipinski definition) is 0. The summed E-state index contributed by atoms with van der Waals surface area (Å²) in [5.41, 5.74) is -1.34. The number of benzene rings is 1. The first-order valence-electron chi connectivity index (χ1n) is 24.0. The highest BCUT2D eigenvalue weighted by atomic mass is 16.5. The van der Waals surface area contributed by atoms with E-state index in [4.69, 9.17) is 56.1 Å². The molecule has 1 aromatic carbocycles. The zero-order chi connectivity index (χ0) is 48.9. The van der Waals surface area contributed by atoms with Crippen molar-refractivity contribution in [2.24, 2.45) is 0 Å². The summed E-state index contributed by atoms with van der Waals surface area (Å²) < 4.78 is 283. The maximum Gasteiger partial charge on any atom is 0.126 e. The summed E-state index contributed by atoms with van der Waals surface area (Å²) in [5.74, 6) is -2.94. The molecule has 1 aromatic rings. The van der Waals surface area contributed by atoms with E-state index in [1.165, 1.54) is 0 Å². The lowest BCUT2D eigenvalue weighted by Crippen LogP contribution is -2.01. The Morgan fingerprint density at radius 3 is 2.50 bits per heavy atom. The molecule has 1 rings (SSSR count). The summed E-state index contributed by atoms with van der Waals surface area (Å²) >= 11 is 0. The van der Waals surface area contributed by atoms with Gasteiger partial charge in [-0.05, 0) is 30.9 Å². The molecule has 0 aliphatic rings. The molecule has 2 nitrogen and oxygen atoms in total. The van der Waals surface area contributed by atoms with E-state index < -0.39 is 132 Å². The van der Waals surface area contributed by atoms with Gasteiger partial charge in [0, 0.05) is 41.2 Å². The van der Waals surface area contributed by atoms with Crippen LogP contribution in [-0.2, 0) is 0 Å². The molecule has 0 aliphatic carbocycles. The minimum absolute atomic E-state index is 0.0548. The average molecular weight is 395 g/mol. The van der Waals surface area contributed by atoms with Crippen molar-refractivity contribution in [3.8, 4) is 11.5 Å². The van der Waals surface area contributed by atoms with Crippen LogP contribution in [0.25, 0.3) is 6.05 Å². The highest BCUT2D eigenvalue weighted by Gasteiger charge is 2.04. The van der Waals surface area contributed by atoms with Crippen LogP contribution in [-0.4, -0.2) is 13.1 Å². The van der Waals surface area contributed by atoms with Gasteiger partial charge in [0.15, 0.2) is 0 Å². The third kappa shape index (κ3) is 10.5. The third-order valence-electron chi connectivity index (χ3n) is 2.09. The van der Waals surface area contributed by atoms with Crippen LogP contribution in [0.2, 0.25) is 0 Å². The molecule has 0 aliphatic heterocycles. The summed E-state index contributed by atoms with van der Waals surface area (Å²) in [4.78, 5) is 0. The van der Waals surface area contributed by atoms with Crippen LogP contribution >= 0.6 is 0 Å². The maximum atomic E-state index is 8.51.